The third kappa shape index (κ3) is 3.95. The van der Waals surface area contributed by atoms with Gasteiger partial charge in [0.2, 0.25) is 0 Å². The van der Waals surface area contributed by atoms with E-state index in [1.807, 2.05) is 48.5 Å². The van der Waals surface area contributed by atoms with Crippen molar-refractivity contribution >= 4 is 11.7 Å². The van der Waals surface area contributed by atoms with Gasteiger partial charge in [0, 0.05) is 47.9 Å². The van der Waals surface area contributed by atoms with Crippen molar-refractivity contribution in [3.8, 4) is 22.3 Å². The van der Waals surface area contributed by atoms with E-state index in [0.717, 1.165) is 46.2 Å². The van der Waals surface area contributed by atoms with Gasteiger partial charge in [0.25, 0.3) is 5.91 Å². The number of carbonyl (C=O) groups is 1. The molecule has 3 aromatic rings. The smallest absolute Gasteiger partial charge is 0.383 e. The number of alkyl halides is 3. The van der Waals surface area contributed by atoms with E-state index in [1.165, 1.54) is 4.90 Å². The Kier molecular flexibility index (Phi) is 4.93. The third-order valence-corrected chi connectivity index (χ3v) is 7.67. The van der Waals surface area contributed by atoms with Crippen molar-refractivity contribution < 1.29 is 18.0 Å². The maximum atomic E-state index is 12.8. The maximum absolute atomic E-state index is 12.8. The van der Waals surface area contributed by atoms with Gasteiger partial charge in [-0.15, -0.1) is 0 Å². The Bertz CT molecular complexity index is 1320. The summed E-state index contributed by atoms with van der Waals surface area (Å²) in [6.45, 7) is 0.748. The van der Waals surface area contributed by atoms with Gasteiger partial charge in [0.1, 0.15) is 5.82 Å². The van der Waals surface area contributed by atoms with Crippen molar-refractivity contribution in [1.82, 2.24) is 15.2 Å². The predicted octanol–water partition coefficient (Wildman–Crippen LogP) is 4.42. The van der Waals surface area contributed by atoms with Crippen LogP contribution in [0.5, 0.6) is 0 Å². The van der Waals surface area contributed by atoms with Crippen molar-refractivity contribution in [3.05, 3.63) is 71.4 Å². The van der Waals surface area contributed by atoms with Crippen LogP contribution in [0.15, 0.2) is 54.7 Å². The minimum atomic E-state index is -4.16. The van der Waals surface area contributed by atoms with E-state index in [1.54, 1.807) is 6.20 Å². The summed E-state index contributed by atoms with van der Waals surface area (Å²) in [5.41, 5.74) is 12.5. The van der Waals surface area contributed by atoms with E-state index in [2.05, 4.69) is 10.3 Å². The molecule has 0 bridgehead atoms. The molecule has 1 amide bonds. The molecule has 3 aliphatic rings. The van der Waals surface area contributed by atoms with Crippen LogP contribution in [0.2, 0.25) is 0 Å². The topological polar surface area (TPSA) is 71.2 Å². The van der Waals surface area contributed by atoms with Gasteiger partial charge in [-0.2, -0.15) is 13.2 Å². The minimum absolute atomic E-state index is 0.0566. The number of likely N-dealkylation sites (tertiary alicyclic amines) is 1. The first-order chi connectivity index (χ1) is 16.7. The van der Waals surface area contributed by atoms with Crippen molar-refractivity contribution in [1.29, 1.82) is 0 Å². The molecular weight excluding hydrogens is 453 g/mol. The molecule has 2 aliphatic heterocycles. The first-order valence-electron chi connectivity index (χ1n) is 11.8. The van der Waals surface area contributed by atoms with Crippen LogP contribution in [0.4, 0.5) is 19.0 Å². The second-order valence-electron chi connectivity index (χ2n) is 9.95. The summed E-state index contributed by atoms with van der Waals surface area (Å²) in [6.07, 6.45) is -0.706. The summed E-state index contributed by atoms with van der Waals surface area (Å²) < 4.78 is 38.5. The number of carbonyl (C=O) groups excluding carboxylic acids is 1. The van der Waals surface area contributed by atoms with Crippen molar-refractivity contribution in [2.75, 3.05) is 31.9 Å². The van der Waals surface area contributed by atoms with Gasteiger partial charge in [-0.05, 0) is 53.1 Å². The average Bonchev–Trinajstić information content (AvgIpc) is 3.40. The normalized spacial score (nSPS) is 23.5. The molecule has 0 unspecified atom stereocenters. The molecule has 1 aromatic heterocycles. The highest BCUT2D eigenvalue weighted by Gasteiger charge is 2.61. The number of hydrogen-bond donors (Lipinski definition) is 2. The summed E-state index contributed by atoms with van der Waals surface area (Å²) in [5.74, 6) is 0.659. The van der Waals surface area contributed by atoms with Gasteiger partial charge in [-0.3, -0.25) is 9.69 Å². The van der Waals surface area contributed by atoms with Gasteiger partial charge in [0.15, 0.2) is 0 Å². The van der Waals surface area contributed by atoms with E-state index in [-0.39, 0.29) is 11.3 Å². The van der Waals surface area contributed by atoms with Crippen LogP contribution in [0, 0.1) is 5.92 Å². The van der Waals surface area contributed by atoms with E-state index in [4.69, 9.17) is 5.73 Å². The fourth-order valence-corrected chi connectivity index (χ4v) is 5.86. The zero-order valence-electron chi connectivity index (χ0n) is 19.0. The lowest BCUT2D eigenvalue weighted by molar-refractivity contribution is -0.144. The number of anilines is 1. The monoisotopic (exact) mass is 478 g/mol. The molecule has 0 radical (unpaired) electrons. The SMILES string of the molecule is Nc1ncc(-c2ccc([C@@]34C[C@@H]3CN(CC(F)(F)F)C4)cc2)cc1-c1ccc2c(c1)CCNC2=O. The lowest BCUT2D eigenvalue weighted by atomic mass is 9.92. The predicted molar refractivity (Wildman–Crippen MR) is 128 cm³/mol. The summed E-state index contributed by atoms with van der Waals surface area (Å²) >= 11 is 0. The number of amides is 1. The Hall–Kier alpha value is -3.39. The van der Waals surface area contributed by atoms with Gasteiger partial charge in [-0.1, -0.05) is 36.4 Å². The minimum Gasteiger partial charge on any atom is -0.383 e. The Labute approximate surface area is 201 Å². The number of benzene rings is 2. The third-order valence-electron chi connectivity index (χ3n) is 7.67. The summed E-state index contributed by atoms with van der Waals surface area (Å²) in [4.78, 5) is 18.0. The van der Waals surface area contributed by atoms with Crippen LogP contribution in [0.3, 0.4) is 0 Å². The highest BCUT2D eigenvalue weighted by Crippen LogP contribution is 2.59. The van der Waals surface area contributed by atoms with E-state index >= 15 is 0 Å². The highest BCUT2D eigenvalue weighted by molar-refractivity contribution is 5.97. The van der Waals surface area contributed by atoms with Gasteiger partial charge < -0.3 is 11.1 Å². The van der Waals surface area contributed by atoms with Gasteiger partial charge in [-0.25, -0.2) is 4.98 Å². The molecule has 180 valence electrons. The molecule has 35 heavy (non-hydrogen) atoms. The number of nitrogens with one attached hydrogen (secondary N) is 1. The number of nitrogen functional groups attached to an aromatic ring is 1. The molecule has 1 saturated heterocycles. The molecule has 2 aromatic carbocycles. The number of halogens is 3. The number of rotatable bonds is 4. The number of nitrogens with two attached hydrogens (primary N) is 1. The molecule has 1 saturated carbocycles. The zero-order chi connectivity index (χ0) is 24.4. The number of piperidine rings is 1. The van der Waals surface area contributed by atoms with Crippen molar-refractivity contribution in [2.45, 2.75) is 24.4 Å². The van der Waals surface area contributed by atoms with Crippen LogP contribution in [0.25, 0.3) is 22.3 Å². The molecule has 1 aliphatic carbocycles. The molecule has 3 N–H and O–H groups in total. The van der Waals surface area contributed by atoms with Crippen LogP contribution < -0.4 is 11.1 Å². The van der Waals surface area contributed by atoms with E-state index in [9.17, 15) is 18.0 Å². The second kappa shape index (κ2) is 7.81. The molecule has 8 heteroatoms. The standard InChI is InChI=1S/C27H25F3N4O/c28-27(29,30)15-34-13-21-11-26(21,14-34)20-4-1-16(2-5-20)19-10-23(24(31)33-12-19)17-3-6-22-18(9-17)7-8-32-25(22)35/h1-6,9-10,12,21H,7-8,11,13-15H2,(H2,31,33)(H,32,35)/t21-,26+/m1/s1. The Morgan fingerprint density at radius 2 is 1.83 bits per heavy atom. The van der Waals surface area contributed by atoms with Crippen LogP contribution in [0.1, 0.15) is 27.9 Å². The summed E-state index contributed by atoms with van der Waals surface area (Å²) in [7, 11) is 0. The molecule has 3 heterocycles. The number of nitrogens with zero attached hydrogens (tertiary/aromatic N) is 2. The van der Waals surface area contributed by atoms with Crippen LogP contribution in [-0.4, -0.2) is 48.1 Å². The fourth-order valence-electron chi connectivity index (χ4n) is 5.86. The zero-order valence-corrected chi connectivity index (χ0v) is 19.0. The van der Waals surface area contributed by atoms with Crippen LogP contribution >= 0.6 is 0 Å². The largest absolute Gasteiger partial charge is 0.401 e. The lowest BCUT2D eigenvalue weighted by Gasteiger charge is -2.22. The number of aromatic nitrogens is 1. The first kappa shape index (κ1) is 22.1. The van der Waals surface area contributed by atoms with Gasteiger partial charge >= 0.3 is 6.18 Å². The maximum Gasteiger partial charge on any atom is 0.401 e. The molecule has 6 rings (SSSR count). The molecule has 2 fully saturated rings. The molecule has 0 spiro atoms. The Morgan fingerprint density at radius 3 is 2.60 bits per heavy atom. The molecular formula is C27H25F3N4O. The van der Waals surface area contributed by atoms with Crippen molar-refractivity contribution in [3.63, 3.8) is 0 Å². The quantitative estimate of drug-likeness (QED) is 0.583. The highest BCUT2D eigenvalue weighted by atomic mass is 19.4. The number of pyridine rings is 1. The molecule has 2 atom stereocenters. The van der Waals surface area contributed by atoms with Crippen LogP contribution in [-0.2, 0) is 11.8 Å². The average molecular weight is 479 g/mol. The van der Waals surface area contributed by atoms with E-state index < -0.39 is 12.7 Å². The summed E-state index contributed by atoms with van der Waals surface area (Å²) in [5, 5.41) is 2.85. The van der Waals surface area contributed by atoms with E-state index in [0.29, 0.717) is 36.9 Å². The Balaban J connectivity index is 1.25. The number of hydrogen-bond acceptors (Lipinski definition) is 4. The lowest BCUT2D eigenvalue weighted by Crippen LogP contribution is -2.35. The van der Waals surface area contributed by atoms with Crippen molar-refractivity contribution in [2.24, 2.45) is 5.92 Å². The molecule has 5 nitrogen and oxygen atoms in total. The summed E-state index contributed by atoms with van der Waals surface area (Å²) in [6, 6.07) is 15.8. The second-order valence-corrected chi connectivity index (χ2v) is 9.95. The fraction of sp³-hybridized carbons (Fsp3) is 0.333. The van der Waals surface area contributed by atoms with Gasteiger partial charge in [0.05, 0.1) is 6.54 Å². The Morgan fingerprint density at radius 1 is 1.06 bits per heavy atom. The number of fused-ring (bicyclic) bond motifs is 2. The first-order valence-corrected chi connectivity index (χ1v) is 11.8.